The summed E-state index contributed by atoms with van der Waals surface area (Å²) in [6, 6.07) is 4.66. The summed E-state index contributed by atoms with van der Waals surface area (Å²) >= 11 is 0. The molecule has 0 amide bonds. The molecule has 2 rings (SSSR count). The molecular weight excluding hydrogens is 181 g/mol. The Morgan fingerprint density at radius 2 is 2.36 bits per heavy atom. The molecule has 0 spiro atoms. The molecule has 70 valence electrons. The maximum Gasteiger partial charge on any atom is 0.196 e. The summed E-state index contributed by atoms with van der Waals surface area (Å²) in [5.41, 5.74) is 0.747. The fourth-order valence-corrected chi connectivity index (χ4v) is 1.25. The first kappa shape index (κ1) is 8.76. The van der Waals surface area contributed by atoms with Gasteiger partial charge in [0.15, 0.2) is 17.3 Å². The number of aromatic nitrogens is 1. The number of rotatable bonds is 2. The summed E-state index contributed by atoms with van der Waals surface area (Å²) in [6.07, 6.45) is 6.20. The van der Waals surface area contributed by atoms with Crippen LogP contribution in [0.1, 0.15) is 12.3 Å². The van der Waals surface area contributed by atoms with Crippen LogP contribution in [-0.2, 0) is 6.42 Å². The molecule has 0 unspecified atom stereocenters. The van der Waals surface area contributed by atoms with E-state index in [1.54, 1.807) is 12.1 Å². The van der Waals surface area contributed by atoms with Crippen molar-refractivity contribution in [3.8, 4) is 12.3 Å². The quantitative estimate of drug-likeness (QED) is 0.678. The third-order valence-electron chi connectivity index (χ3n) is 1.89. The summed E-state index contributed by atoms with van der Waals surface area (Å²) in [6.45, 7) is 0. The molecule has 2 nitrogen and oxygen atoms in total. The van der Waals surface area contributed by atoms with E-state index in [-0.39, 0.29) is 11.4 Å². The number of fused-ring (bicyclic) bond motifs is 1. The lowest BCUT2D eigenvalue weighted by molar-refractivity contribution is 0.507. The van der Waals surface area contributed by atoms with Crippen molar-refractivity contribution in [2.45, 2.75) is 12.8 Å². The highest BCUT2D eigenvalue weighted by Crippen LogP contribution is 2.19. The molecule has 0 aliphatic heterocycles. The van der Waals surface area contributed by atoms with E-state index in [1.165, 1.54) is 6.07 Å². The lowest BCUT2D eigenvalue weighted by atomic mass is 10.3. The first-order valence-electron chi connectivity index (χ1n) is 4.28. The molecule has 0 saturated carbocycles. The topological polar surface area (TPSA) is 26.0 Å². The van der Waals surface area contributed by atoms with Crippen molar-refractivity contribution < 1.29 is 8.81 Å². The molecule has 0 atom stereocenters. The minimum atomic E-state index is -0.387. The van der Waals surface area contributed by atoms with Crippen LogP contribution in [0.5, 0.6) is 0 Å². The van der Waals surface area contributed by atoms with Gasteiger partial charge >= 0.3 is 0 Å². The second kappa shape index (κ2) is 3.51. The Bertz CT molecular complexity index is 495. The van der Waals surface area contributed by atoms with E-state index in [0.29, 0.717) is 24.2 Å². The van der Waals surface area contributed by atoms with Gasteiger partial charge in [-0.15, -0.1) is 12.3 Å². The SMILES string of the molecule is C#CCCc1nc2cccc(F)c2o1. The number of halogens is 1. The van der Waals surface area contributed by atoms with Crippen LogP contribution in [0.25, 0.3) is 11.1 Å². The normalized spacial score (nSPS) is 10.3. The zero-order chi connectivity index (χ0) is 9.97. The Kier molecular flexibility index (Phi) is 2.19. The van der Waals surface area contributed by atoms with Crippen molar-refractivity contribution in [3.63, 3.8) is 0 Å². The van der Waals surface area contributed by atoms with Crippen LogP contribution in [0.2, 0.25) is 0 Å². The molecule has 1 aromatic carbocycles. The van der Waals surface area contributed by atoms with E-state index in [2.05, 4.69) is 10.9 Å². The predicted molar refractivity (Wildman–Crippen MR) is 51.1 cm³/mol. The van der Waals surface area contributed by atoms with Gasteiger partial charge in [0.1, 0.15) is 5.52 Å². The highest BCUT2D eigenvalue weighted by Gasteiger charge is 2.08. The van der Waals surface area contributed by atoms with Gasteiger partial charge in [0.05, 0.1) is 0 Å². The van der Waals surface area contributed by atoms with Gasteiger partial charge in [-0.3, -0.25) is 0 Å². The van der Waals surface area contributed by atoms with Crippen LogP contribution in [0.15, 0.2) is 22.6 Å². The number of nitrogens with zero attached hydrogens (tertiary/aromatic N) is 1. The molecule has 1 aromatic heterocycles. The van der Waals surface area contributed by atoms with E-state index in [9.17, 15) is 4.39 Å². The van der Waals surface area contributed by atoms with Crippen molar-refractivity contribution in [3.05, 3.63) is 29.9 Å². The molecule has 0 saturated heterocycles. The number of para-hydroxylation sites is 1. The maximum absolute atomic E-state index is 13.1. The highest BCUT2D eigenvalue weighted by atomic mass is 19.1. The first-order chi connectivity index (χ1) is 6.81. The number of oxazole rings is 1. The van der Waals surface area contributed by atoms with Gasteiger partial charge in [-0.2, -0.15) is 0 Å². The zero-order valence-electron chi connectivity index (χ0n) is 7.46. The van der Waals surface area contributed by atoms with Crippen molar-refractivity contribution in [2.75, 3.05) is 0 Å². The third kappa shape index (κ3) is 1.47. The summed E-state index contributed by atoms with van der Waals surface area (Å²) in [4.78, 5) is 4.11. The molecule has 0 fully saturated rings. The molecule has 0 radical (unpaired) electrons. The molecule has 3 heteroatoms. The number of aryl methyl sites for hydroxylation is 1. The minimum absolute atomic E-state index is 0.208. The zero-order valence-corrected chi connectivity index (χ0v) is 7.46. The van der Waals surface area contributed by atoms with Gasteiger partial charge in [-0.1, -0.05) is 6.07 Å². The fourth-order valence-electron chi connectivity index (χ4n) is 1.25. The molecule has 1 heterocycles. The molecule has 0 aliphatic rings. The second-order valence-corrected chi connectivity index (χ2v) is 2.90. The van der Waals surface area contributed by atoms with Crippen LogP contribution in [0.3, 0.4) is 0 Å². The summed E-state index contributed by atoms with van der Waals surface area (Å²) < 4.78 is 18.4. The van der Waals surface area contributed by atoms with Crippen molar-refractivity contribution >= 4 is 11.1 Å². The summed E-state index contributed by atoms with van der Waals surface area (Å²) in [5, 5.41) is 0. The Morgan fingerprint density at radius 3 is 3.07 bits per heavy atom. The van der Waals surface area contributed by atoms with E-state index in [0.717, 1.165) is 0 Å². The predicted octanol–water partition coefficient (Wildman–Crippen LogP) is 2.53. The number of benzene rings is 1. The van der Waals surface area contributed by atoms with Crippen LogP contribution in [-0.4, -0.2) is 4.98 Å². The van der Waals surface area contributed by atoms with Crippen molar-refractivity contribution in [1.82, 2.24) is 4.98 Å². The van der Waals surface area contributed by atoms with Crippen LogP contribution in [0, 0.1) is 18.2 Å². The lowest BCUT2D eigenvalue weighted by Crippen LogP contribution is -1.81. The summed E-state index contributed by atoms with van der Waals surface area (Å²) in [5.74, 6) is 2.58. The first-order valence-corrected chi connectivity index (χ1v) is 4.28. The molecule has 0 aliphatic carbocycles. The Balaban J connectivity index is 2.42. The van der Waals surface area contributed by atoms with Gasteiger partial charge in [0.2, 0.25) is 0 Å². The standard InChI is InChI=1S/C11H8FNO/c1-2-3-7-10-13-9-6-4-5-8(12)11(9)14-10/h1,4-6H,3,7H2. The Morgan fingerprint density at radius 1 is 1.50 bits per heavy atom. The Labute approximate surface area is 80.8 Å². The van der Waals surface area contributed by atoms with Crippen LogP contribution >= 0.6 is 0 Å². The van der Waals surface area contributed by atoms with Gasteiger partial charge < -0.3 is 4.42 Å². The van der Waals surface area contributed by atoms with Crippen LogP contribution < -0.4 is 0 Å². The van der Waals surface area contributed by atoms with Crippen molar-refractivity contribution in [2.24, 2.45) is 0 Å². The third-order valence-corrected chi connectivity index (χ3v) is 1.89. The van der Waals surface area contributed by atoms with Gasteiger partial charge in [-0.05, 0) is 12.1 Å². The largest absolute Gasteiger partial charge is 0.438 e. The molecule has 14 heavy (non-hydrogen) atoms. The van der Waals surface area contributed by atoms with E-state index >= 15 is 0 Å². The highest BCUT2D eigenvalue weighted by molar-refractivity contribution is 5.72. The lowest BCUT2D eigenvalue weighted by Gasteiger charge is -1.87. The smallest absolute Gasteiger partial charge is 0.196 e. The average molecular weight is 189 g/mol. The molecular formula is C11H8FNO. The Hall–Kier alpha value is -1.82. The minimum Gasteiger partial charge on any atom is -0.438 e. The molecule has 0 bridgehead atoms. The monoisotopic (exact) mass is 189 g/mol. The second-order valence-electron chi connectivity index (χ2n) is 2.90. The fraction of sp³-hybridized carbons (Fsp3) is 0.182. The van der Waals surface area contributed by atoms with Gasteiger partial charge in [0.25, 0.3) is 0 Å². The average Bonchev–Trinajstić information content (AvgIpc) is 2.59. The molecule has 0 N–H and O–H groups in total. The number of terminal acetylenes is 1. The molecule has 2 aromatic rings. The number of hydrogen-bond donors (Lipinski definition) is 0. The maximum atomic E-state index is 13.1. The number of hydrogen-bond acceptors (Lipinski definition) is 2. The van der Waals surface area contributed by atoms with Crippen molar-refractivity contribution in [1.29, 1.82) is 0 Å². The summed E-state index contributed by atoms with van der Waals surface area (Å²) in [7, 11) is 0. The van der Waals surface area contributed by atoms with Crippen LogP contribution in [0.4, 0.5) is 4.39 Å². The van der Waals surface area contributed by atoms with E-state index in [1.807, 2.05) is 0 Å². The van der Waals surface area contributed by atoms with Gasteiger partial charge in [-0.25, -0.2) is 9.37 Å². The van der Waals surface area contributed by atoms with E-state index < -0.39 is 0 Å². The van der Waals surface area contributed by atoms with Gasteiger partial charge in [0, 0.05) is 12.8 Å². The van der Waals surface area contributed by atoms with E-state index in [4.69, 9.17) is 10.8 Å².